The molecule has 0 saturated carbocycles. The van der Waals surface area contributed by atoms with E-state index in [2.05, 4.69) is 40.4 Å². The molecule has 4 nitrogen and oxygen atoms in total. The molecule has 2 aromatic carbocycles. The third kappa shape index (κ3) is 3.84. The highest BCUT2D eigenvalue weighted by Crippen LogP contribution is 2.21. The number of aromatic nitrogens is 2. The fourth-order valence-electron chi connectivity index (χ4n) is 2.49. The van der Waals surface area contributed by atoms with E-state index < -0.39 is 0 Å². The summed E-state index contributed by atoms with van der Waals surface area (Å²) in [5, 5.41) is 13.6. The molecule has 0 spiro atoms. The van der Waals surface area contributed by atoms with Crippen molar-refractivity contribution in [1.29, 1.82) is 5.26 Å². The number of rotatable bonds is 6. The number of anilines is 1. The highest BCUT2D eigenvalue weighted by atomic mass is 32.2. The van der Waals surface area contributed by atoms with Crippen molar-refractivity contribution in [3.8, 4) is 6.07 Å². The van der Waals surface area contributed by atoms with E-state index >= 15 is 0 Å². The Balaban J connectivity index is 1.56. The van der Waals surface area contributed by atoms with E-state index in [9.17, 15) is 0 Å². The van der Waals surface area contributed by atoms with E-state index in [4.69, 9.17) is 5.26 Å². The Labute approximate surface area is 145 Å². The van der Waals surface area contributed by atoms with Gasteiger partial charge in [0.2, 0.25) is 0 Å². The zero-order valence-electron chi connectivity index (χ0n) is 13.5. The minimum atomic E-state index is 0.759. The number of nitrogens with zero attached hydrogens (tertiary/aromatic N) is 3. The molecule has 0 fully saturated rings. The first kappa shape index (κ1) is 16.3. The zero-order chi connectivity index (χ0) is 16.8. The van der Waals surface area contributed by atoms with Crippen molar-refractivity contribution in [3.63, 3.8) is 0 Å². The topological polar surface area (TPSA) is 61.6 Å². The number of hydrogen-bond donors (Lipinski definition) is 1. The maximum atomic E-state index is 9.11. The van der Waals surface area contributed by atoms with Gasteiger partial charge in [-0.1, -0.05) is 29.8 Å². The van der Waals surface area contributed by atoms with Gasteiger partial charge in [0.25, 0.3) is 0 Å². The fraction of sp³-hybridized carbons (Fsp3) is 0.211. The molecule has 120 valence electrons. The summed E-state index contributed by atoms with van der Waals surface area (Å²) in [5.74, 6) is 2.66. The molecular weight excluding hydrogens is 316 g/mol. The van der Waals surface area contributed by atoms with Gasteiger partial charge in [-0.3, -0.25) is 0 Å². The Morgan fingerprint density at radius 2 is 2.04 bits per heavy atom. The van der Waals surface area contributed by atoms with Crippen LogP contribution in [-0.4, -0.2) is 22.3 Å². The molecule has 1 aromatic heterocycles. The minimum Gasteiger partial charge on any atom is -0.369 e. The van der Waals surface area contributed by atoms with Crippen LogP contribution >= 0.6 is 11.8 Å². The molecule has 0 aliphatic heterocycles. The predicted molar refractivity (Wildman–Crippen MR) is 100 cm³/mol. The van der Waals surface area contributed by atoms with Crippen molar-refractivity contribution >= 4 is 28.5 Å². The first-order valence-electron chi connectivity index (χ1n) is 7.79. The minimum absolute atomic E-state index is 0.759. The third-order valence-electron chi connectivity index (χ3n) is 3.73. The van der Waals surface area contributed by atoms with E-state index in [0.29, 0.717) is 0 Å². The molecule has 0 aliphatic rings. The fourth-order valence-corrected chi connectivity index (χ4v) is 3.35. The van der Waals surface area contributed by atoms with E-state index in [1.54, 1.807) is 18.1 Å². The Kier molecular flexibility index (Phi) is 5.29. The van der Waals surface area contributed by atoms with Gasteiger partial charge in [-0.2, -0.15) is 17.0 Å². The molecule has 3 aromatic rings. The molecule has 0 amide bonds. The first-order valence-corrected chi connectivity index (χ1v) is 8.94. The van der Waals surface area contributed by atoms with Gasteiger partial charge in [-0.25, -0.2) is 9.97 Å². The maximum Gasteiger partial charge on any atom is 0.137 e. The molecule has 5 heteroatoms. The summed E-state index contributed by atoms with van der Waals surface area (Å²) >= 11 is 1.81. The summed E-state index contributed by atoms with van der Waals surface area (Å²) in [6.07, 6.45) is 1.59. The molecular formula is C19H18N4S. The van der Waals surface area contributed by atoms with Crippen LogP contribution in [0.1, 0.15) is 16.7 Å². The van der Waals surface area contributed by atoms with Crippen molar-refractivity contribution in [2.45, 2.75) is 12.7 Å². The lowest BCUT2D eigenvalue weighted by Crippen LogP contribution is -2.07. The van der Waals surface area contributed by atoms with Crippen molar-refractivity contribution in [2.24, 2.45) is 0 Å². The summed E-state index contributed by atoms with van der Waals surface area (Å²) in [4.78, 5) is 8.66. The quantitative estimate of drug-likeness (QED) is 0.686. The van der Waals surface area contributed by atoms with Gasteiger partial charge in [0.15, 0.2) is 0 Å². The van der Waals surface area contributed by atoms with E-state index in [1.165, 1.54) is 5.56 Å². The molecule has 24 heavy (non-hydrogen) atoms. The van der Waals surface area contributed by atoms with Gasteiger partial charge in [0.1, 0.15) is 12.1 Å². The Bertz CT molecular complexity index is 886. The molecule has 1 N–H and O–H groups in total. The number of nitrogens with one attached hydrogen (secondary N) is 1. The van der Waals surface area contributed by atoms with Gasteiger partial charge in [-0.15, -0.1) is 0 Å². The Hall–Kier alpha value is -2.58. The van der Waals surface area contributed by atoms with E-state index in [-0.39, 0.29) is 0 Å². The Morgan fingerprint density at radius 3 is 2.92 bits per heavy atom. The second-order valence-electron chi connectivity index (χ2n) is 5.49. The molecule has 0 unspecified atom stereocenters. The average Bonchev–Trinajstić information content (AvgIpc) is 2.62. The van der Waals surface area contributed by atoms with Crippen LogP contribution in [0.4, 0.5) is 5.82 Å². The second-order valence-corrected chi connectivity index (χ2v) is 6.60. The normalized spacial score (nSPS) is 10.5. The summed E-state index contributed by atoms with van der Waals surface area (Å²) in [6, 6.07) is 16.2. The van der Waals surface area contributed by atoms with Gasteiger partial charge >= 0.3 is 0 Å². The van der Waals surface area contributed by atoms with E-state index in [0.717, 1.165) is 45.9 Å². The van der Waals surface area contributed by atoms with Crippen LogP contribution < -0.4 is 5.32 Å². The number of thioether (sulfide) groups is 1. The summed E-state index contributed by atoms with van der Waals surface area (Å²) in [7, 11) is 0. The second kappa shape index (κ2) is 7.80. The number of aryl methyl sites for hydroxylation is 1. The predicted octanol–water partition coefficient (Wildman–Crippen LogP) is 4.16. The summed E-state index contributed by atoms with van der Waals surface area (Å²) < 4.78 is 0. The lowest BCUT2D eigenvalue weighted by Gasteiger charge is -2.09. The highest BCUT2D eigenvalue weighted by molar-refractivity contribution is 7.98. The van der Waals surface area contributed by atoms with Crippen LogP contribution in [0.3, 0.4) is 0 Å². The number of fused-ring (bicyclic) bond motifs is 1. The molecule has 0 radical (unpaired) electrons. The number of nitriles is 1. The molecule has 0 aliphatic carbocycles. The van der Waals surface area contributed by atoms with Crippen LogP contribution in [0.5, 0.6) is 0 Å². The smallest absolute Gasteiger partial charge is 0.137 e. The van der Waals surface area contributed by atoms with E-state index in [1.807, 2.05) is 30.3 Å². The molecule has 3 rings (SSSR count). The summed E-state index contributed by atoms with van der Waals surface area (Å²) in [6.45, 7) is 2.89. The van der Waals surface area contributed by atoms with Gasteiger partial charge < -0.3 is 5.32 Å². The first-order chi connectivity index (χ1) is 11.8. The molecule has 0 atom stereocenters. The average molecular weight is 334 g/mol. The van der Waals surface area contributed by atoms with Crippen molar-refractivity contribution < 1.29 is 0 Å². The monoisotopic (exact) mass is 334 g/mol. The standard InChI is InChI=1S/C19H18N4S/c1-14-6-7-18-17(10-14)19(23-13-22-18)21-8-9-24-12-16-5-3-2-4-15(16)11-20/h2-7,10,13H,8-9,12H2,1H3,(H,21,22,23). The van der Waals surface area contributed by atoms with Crippen molar-refractivity contribution in [2.75, 3.05) is 17.6 Å². The van der Waals surface area contributed by atoms with Gasteiger partial charge in [-0.05, 0) is 30.7 Å². The molecule has 0 bridgehead atoms. The van der Waals surface area contributed by atoms with Crippen LogP contribution in [0.2, 0.25) is 0 Å². The third-order valence-corrected chi connectivity index (χ3v) is 4.73. The lowest BCUT2D eigenvalue weighted by molar-refractivity contribution is 1.14. The molecule has 0 saturated heterocycles. The number of hydrogen-bond acceptors (Lipinski definition) is 5. The highest BCUT2D eigenvalue weighted by Gasteiger charge is 2.04. The Morgan fingerprint density at radius 1 is 1.17 bits per heavy atom. The largest absolute Gasteiger partial charge is 0.369 e. The van der Waals surface area contributed by atoms with Crippen LogP contribution in [0.15, 0.2) is 48.8 Å². The van der Waals surface area contributed by atoms with Crippen LogP contribution in [-0.2, 0) is 5.75 Å². The van der Waals surface area contributed by atoms with Gasteiger partial charge in [0.05, 0.1) is 17.1 Å². The summed E-state index contributed by atoms with van der Waals surface area (Å²) in [5.41, 5.74) is 4.00. The lowest BCUT2D eigenvalue weighted by atomic mass is 10.1. The van der Waals surface area contributed by atoms with Crippen LogP contribution in [0.25, 0.3) is 10.9 Å². The maximum absolute atomic E-state index is 9.11. The molecule has 1 heterocycles. The van der Waals surface area contributed by atoms with Gasteiger partial charge in [0, 0.05) is 23.4 Å². The van der Waals surface area contributed by atoms with Crippen molar-refractivity contribution in [1.82, 2.24) is 9.97 Å². The number of benzene rings is 2. The zero-order valence-corrected chi connectivity index (χ0v) is 14.3. The van der Waals surface area contributed by atoms with Crippen LogP contribution in [0, 0.1) is 18.3 Å². The SMILES string of the molecule is Cc1ccc2ncnc(NCCSCc3ccccc3C#N)c2c1. The van der Waals surface area contributed by atoms with Crippen molar-refractivity contribution in [3.05, 3.63) is 65.5 Å².